The molecule has 2 aromatic rings. The number of alkyl carbamates (subject to hydrolysis) is 1. The van der Waals surface area contributed by atoms with Crippen molar-refractivity contribution in [2.24, 2.45) is 5.41 Å². The molecule has 7 heteroatoms. The standard InChI is InChI=1S/C27H34N2O5/c1-6-17(15-23(30)29-27(4,5)26(2,3)24(31)32)28-25(33)34-16-22-20-13-9-7-11-18(20)19-12-8-10-14-21(19)22/h7-14,17,22H,6,15-16H2,1-5H3,(H,28,33)(H,29,30)(H,31,32)/t17-/m1/s1. The fourth-order valence-electron chi connectivity index (χ4n) is 4.15. The molecule has 0 bridgehead atoms. The number of carboxylic acids is 1. The fourth-order valence-corrected chi connectivity index (χ4v) is 4.15. The second kappa shape index (κ2) is 9.87. The van der Waals surface area contributed by atoms with Crippen LogP contribution in [0, 0.1) is 5.41 Å². The first-order valence-electron chi connectivity index (χ1n) is 11.6. The van der Waals surface area contributed by atoms with Gasteiger partial charge in [0.1, 0.15) is 6.61 Å². The predicted molar refractivity (Wildman–Crippen MR) is 131 cm³/mol. The maximum Gasteiger partial charge on any atom is 0.407 e. The highest BCUT2D eigenvalue weighted by Gasteiger charge is 2.44. The lowest BCUT2D eigenvalue weighted by Crippen LogP contribution is -2.57. The lowest BCUT2D eigenvalue weighted by atomic mass is 9.74. The Morgan fingerprint density at radius 1 is 0.971 bits per heavy atom. The van der Waals surface area contributed by atoms with Crippen molar-refractivity contribution >= 4 is 18.0 Å². The van der Waals surface area contributed by atoms with Crippen LogP contribution < -0.4 is 10.6 Å². The van der Waals surface area contributed by atoms with Crippen molar-refractivity contribution in [2.75, 3.05) is 6.61 Å². The number of benzene rings is 2. The first-order chi connectivity index (χ1) is 16.0. The number of rotatable bonds is 9. The molecule has 0 spiro atoms. The first kappa shape index (κ1) is 25.3. The van der Waals surface area contributed by atoms with E-state index in [1.165, 1.54) is 0 Å². The zero-order valence-corrected chi connectivity index (χ0v) is 20.5. The minimum absolute atomic E-state index is 0.0276. The van der Waals surface area contributed by atoms with Crippen LogP contribution >= 0.6 is 0 Å². The third kappa shape index (κ3) is 5.08. The Morgan fingerprint density at radius 3 is 2.00 bits per heavy atom. The minimum atomic E-state index is -1.16. The van der Waals surface area contributed by atoms with E-state index >= 15 is 0 Å². The Hall–Kier alpha value is -3.35. The largest absolute Gasteiger partial charge is 0.481 e. The number of aliphatic carboxylic acids is 1. The molecule has 182 valence electrons. The normalized spacial score (nSPS) is 14.0. The number of nitrogens with one attached hydrogen (secondary N) is 2. The zero-order valence-electron chi connectivity index (χ0n) is 20.5. The Morgan fingerprint density at radius 2 is 1.50 bits per heavy atom. The van der Waals surface area contributed by atoms with E-state index in [1.807, 2.05) is 31.2 Å². The third-order valence-electron chi connectivity index (χ3n) is 7.14. The lowest BCUT2D eigenvalue weighted by molar-refractivity contribution is -0.151. The number of hydrogen-bond acceptors (Lipinski definition) is 4. The number of ether oxygens (including phenoxy) is 1. The van der Waals surface area contributed by atoms with E-state index in [0.29, 0.717) is 6.42 Å². The smallest absolute Gasteiger partial charge is 0.407 e. The van der Waals surface area contributed by atoms with Crippen LogP contribution in [0.25, 0.3) is 11.1 Å². The van der Waals surface area contributed by atoms with Crippen molar-refractivity contribution in [2.45, 2.75) is 65.0 Å². The molecule has 34 heavy (non-hydrogen) atoms. The van der Waals surface area contributed by atoms with Crippen LogP contribution in [0.5, 0.6) is 0 Å². The minimum Gasteiger partial charge on any atom is -0.481 e. The number of amides is 2. The van der Waals surface area contributed by atoms with Crippen LogP contribution in [0.2, 0.25) is 0 Å². The van der Waals surface area contributed by atoms with Gasteiger partial charge in [-0.15, -0.1) is 0 Å². The van der Waals surface area contributed by atoms with Gasteiger partial charge in [-0.2, -0.15) is 0 Å². The van der Waals surface area contributed by atoms with Crippen LogP contribution in [0.4, 0.5) is 4.79 Å². The molecule has 2 amide bonds. The van der Waals surface area contributed by atoms with Gasteiger partial charge in [-0.25, -0.2) is 4.79 Å². The predicted octanol–water partition coefficient (Wildman–Crippen LogP) is 4.70. The molecule has 0 radical (unpaired) electrons. The second-order valence-electron chi connectivity index (χ2n) is 9.88. The van der Waals surface area contributed by atoms with Crippen LogP contribution in [0.15, 0.2) is 48.5 Å². The Labute approximate surface area is 200 Å². The summed E-state index contributed by atoms with van der Waals surface area (Å²) >= 11 is 0. The molecular formula is C27H34N2O5. The molecule has 0 aliphatic heterocycles. The van der Waals surface area contributed by atoms with Gasteiger partial charge in [0.25, 0.3) is 0 Å². The van der Waals surface area contributed by atoms with Crippen molar-refractivity contribution in [3.63, 3.8) is 0 Å². The van der Waals surface area contributed by atoms with E-state index in [4.69, 9.17) is 4.74 Å². The summed E-state index contributed by atoms with van der Waals surface area (Å²) in [4.78, 5) is 36.8. The highest BCUT2D eigenvalue weighted by molar-refractivity contribution is 5.82. The molecule has 3 rings (SSSR count). The van der Waals surface area contributed by atoms with Crippen LogP contribution in [-0.2, 0) is 14.3 Å². The van der Waals surface area contributed by atoms with Gasteiger partial charge in [-0.05, 0) is 56.4 Å². The van der Waals surface area contributed by atoms with Gasteiger partial charge in [0.05, 0.1) is 5.41 Å². The van der Waals surface area contributed by atoms with Gasteiger partial charge in [0.2, 0.25) is 5.91 Å². The SMILES string of the molecule is CC[C@H](CC(=O)NC(C)(C)C(C)(C)C(=O)O)NC(=O)OCC1c2ccccc2-c2ccccc21. The van der Waals surface area contributed by atoms with Gasteiger partial charge >= 0.3 is 12.1 Å². The number of carboxylic acid groups (broad SMARTS) is 1. The molecule has 1 aliphatic carbocycles. The summed E-state index contributed by atoms with van der Waals surface area (Å²) < 4.78 is 5.58. The zero-order chi connectivity index (χ0) is 25.1. The summed E-state index contributed by atoms with van der Waals surface area (Å²) in [6, 6.07) is 15.8. The molecule has 3 N–H and O–H groups in total. The highest BCUT2D eigenvalue weighted by atomic mass is 16.5. The van der Waals surface area contributed by atoms with Crippen LogP contribution in [-0.4, -0.2) is 41.3 Å². The molecule has 0 heterocycles. The summed E-state index contributed by atoms with van der Waals surface area (Å²) in [5.41, 5.74) is 2.43. The average molecular weight is 467 g/mol. The maximum atomic E-state index is 12.6. The topological polar surface area (TPSA) is 105 Å². The van der Waals surface area contributed by atoms with E-state index in [-0.39, 0.29) is 24.9 Å². The Kier molecular flexibility index (Phi) is 7.34. The molecule has 7 nitrogen and oxygen atoms in total. The molecule has 1 aliphatic rings. The Balaban J connectivity index is 1.58. The van der Waals surface area contributed by atoms with Crippen molar-refractivity contribution in [3.8, 4) is 11.1 Å². The van der Waals surface area contributed by atoms with Gasteiger partial charge in [0, 0.05) is 23.9 Å². The molecule has 0 fully saturated rings. The van der Waals surface area contributed by atoms with E-state index in [2.05, 4.69) is 34.9 Å². The highest BCUT2D eigenvalue weighted by Crippen LogP contribution is 2.44. The number of hydrogen-bond donors (Lipinski definition) is 3. The maximum absolute atomic E-state index is 12.6. The number of fused-ring (bicyclic) bond motifs is 3. The molecule has 0 saturated carbocycles. The van der Waals surface area contributed by atoms with Gasteiger partial charge < -0.3 is 20.5 Å². The van der Waals surface area contributed by atoms with Crippen molar-refractivity contribution < 1.29 is 24.2 Å². The van der Waals surface area contributed by atoms with Crippen LogP contribution in [0.3, 0.4) is 0 Å². The summed E-state index contributed by atoms with van der Waals surface area (Å²) in [5.74, 6) is -1.37. The van der Waals surface area contributed by atoms with Gasteiger partial charge in [0.15, 0.2) is 0 Å². The third-order valence-corrected chi connectivity index (χ3v) is 7.14. The molecule has 2 aromatic carbocycles. The lowest BCUT2D eigenvalue weighted by Gasteiger charge is -2.39. The summed E-state index contributed by atoms with van der Waals surface area (Å²) in [6.45, 7) is 8.57. The van der Waals surface area contributed by atoms with E-state index in [9.17, 15) is 19.5 Å². The molecule has 1 atom stereocenters. The van der Waals surface area contributed by atoms with E-state index in [1.54, 1.807) is 27.7 Å². The second-order valence-corrected chi connectivity index (χ2v) is 9.88. The molecular weight excluding hydrogens is 432 g/mol. The molecule has 0 saturated heterocycles. The quantitative estimate of drug-likeness (QED) is 0.497. The summed E-state index contributed by atoms with van der Waals surface area (Å²) in [6.07, 6.45) is -0.0214. The van der Waals surface area contributed by atoms with E-state index in [0.717, 1.165) is 22.3 Å². The number of carbonyl (C=O) groups is 3. The monoisotopic (exact) mass is 466 g/mol. The van der Waals surface area contributed by atoms with Crippen molar-refractivity contribution in [1.29, 1.82) is 0 Å². The van der Waals surface area contributed by atoms with Crippen molar-refractivity contribution in [1.82, 2.24) is 10.6 Å². The molecule has 0 aromatic heterocycles. The Bertz CT molecular complexity index is 1030. The summed E-state index contributed by atoms with van der Waals surface area (Å²) in [7, 11) is 0. The fraction of sp³-hybridized carbons (Fsp3) is 0.444. The van der Waals surface area contributed by atoms with Crippen molar-refractivity contribution in [3.05, 3.63) is 59.7 Å². The first-order valence-corrected chi connectivity index (χ1v) is 11.6. The van der Waals surface area contributed by atoms with E-state index < -0.39 is 29.1 Å². The van der Waals surface area contributed by atoms with Gasteiger partial charge in [-0.3, -0.25) is 9.59 Å². The molecule has 0 unspecified atom stereocenters. The average Bonchev–Trinajstić information content (AvgIpc) is 3.10. The summed E-state index contributed by atoms with van der Waals surface area (Å²) in [5, 5.41) is 15.1. The van der Waals surface area contributed by atoms with Crippen LogP contribution in [0.1, 0.15) is 64.5 Å². The van der Waals surface area contributed by atoms with Gasteiger partial charge in [-0.1, -0.05) is 55.5 Å². The number of carbonyl (C=O) groups excluding carboxylic acids is 2.